The minimum Gasteiger partial charge on any atom is -0.256 e. The van der Waals surface area contributed by atoms with E-state index in [-0.39, 0.29) is 28.1 Å². The van der Waals surface area contributed by atoms with Gasteiger partial charge < -0.3 is 0 Å². The smallest absolute Gasteiger partial charge is 0.143 e. The first kappa shape index (κ1) is 56.4. The van der Waals surface area contributed by atoms with Gasteiger partial charge >= 0.3 is 0 Å². The second kappa shape index (κ2) is 25.1. The van der Waals surface area contributed by atoms with E-state index in [1.165, 1.54) is 36.4 Å². The Labute approximate surface area is 506 Å². The van der Waals surface area contributed by atoms with E-state index in [1.807, 2.05) is 79.0 Å². The van der Waals surface area contributed by atoms with Gasteiger partial charge in [0.1, 0.15) is 34.9 Å². The highest BCUT2D eigenvalue weighted by atomic mass is 19.2. The second-order valence-electron chi connectivity index (χ2n) is 21.8. The van der Waals surface area contributed by atoms with E-state index in [0.717, 1.165) is 72.3 Å². The molecule has 0 bridgehead atoms. The third-order valence-electron chi connectivity index (χ3n) is 16.1. The lowest BCUT2D eigenvalue weighted by Crippen LogP contribution is -2.00. The molecule has 0 fully saturated rings. The predicted octanol–water partition coefficient (Wildman–Crippen LogP) is 20.9. The summed E-state index contributed by atoms with van der Waals surface area (Å²) in [5.74, 6) is -3.48. The van der Waals surface area contributed by atoms with Gasteiger partial charge in [0.05, 0.1) is 28.2 Å². The van der Waals surface area contributed by atoms with Crippen LogP contribution in [0.5, 0.6) is 0 Å². The summed E-state index contributed by atoms with van der Waals surface area (Å²) in [5.41, 5.74) is 14.7. The van der Waals surface area contributed by atoms with Crippen molar-refractivity contribution >= 4 is 0 Å². The van der Waals surface area contributed by atoms with Crippen LogP contribution in [0, 0.1) is 34.9 Å². The fourth-order valence-electron chi connectivity index (χ4n) is 11.5. The first-order valence-electron chi connectivity index (χ1n) is 29.0. The number of pyridine rings is 3. The molecular formula is C79H53F6N3. The average molecular weight is 1160 g/mol. The molecule has 0 radical (unpaired) electrons. The van der Waals surface area contributed by atoms with Crippen LogP contribution < -0.4 is 0 Å². The molecule has 0 saturated heterocycles. The third kappa shape index (κ3) is 12.0. The van der Waals surface area contributed by atoms with Gasteiger partial charge in [0, 0.05) is 46.4 Å². The average Bonchev–Trinajstić information content (AvgIpc) is 1.43. The maximum absolute atomic E-state index is 16.1. The van der Waals surface area contributed by atoms with E-state index < -0.39 is 29.1 Å². The molecule has 10 aromatic carbocycles. The Bertz CT molecular complexity index is 4480. The van der Waals surface area contributed by atoms with Crippen molar-refractivity contribution in [2.75, 3.05) is 0 Å². The van der Waals surface area contributed by atoms with Gasteiger partial charge in [0.2, 0.25) is 0 Å². The Morgan fingerprint density at radius 3 is 1.17 bits per heavy atom. The van der Waals surface area contributed by atoms with Gasteiger partial charge in [-0.15, -0.1) is 0 Å². The normalized spacial score (nSPS) is 11.2. The van der Waals surface area contributed by atoms with Crippen LogP contribution in [0.1, 0.15) is 22.3 Å². The summed E-state index contributed by atoms with van der Waals surface area (Å²) in [6, 6.07) is 75.8. The summed E-state index contributed by atoms with van der Waals surface area (Å²) in [6.07, 6.45) is 7.45. The lowest BCUT2D eigenvalue weighted by Gasteiger charge is -2.18. The zero-order chi connectivity index (χ0) is 60.1. The minimum atomic E-state index is -0.691. The molecule has 88 heavy (non-hydrogen) atoms. The van der Waals surface area contributed by atoms with Gasteiger partial charge in [0.25, 0.3) is 0 Å². The highest BCUT2D eigenvalue weighted by Crippen LogP contribution is 2.42. The molecule has 3 aromatic heterocycles. The fourth-order valence-corrected chi connectivity index (χ4v) is 11.5. The minimum absolute atomic E-state index is 0.114. The lowest BCUT2D eigenvalue weighted by molar-refractivity contribution is 0.591. The van der Waals surface area contributed by atoms with Gasteiger partial charge in [0.15, 0.2) is 0 Å². The Morgan fingerprint density at radius 2 is 0.648 bits per heavy atom. The van der Waals surface area contributed by atoms with Crippen molar-refractivity contribution in [1.82, 2.24) is 15.0 Å². The van der Waals surface area contributed by atoms with Crippen LogP contribution in [0.4, 0.5) is 26.3 Å². The number of benzene rings is 10. The standard InChI is InChI=1S/C79H53F6N3/c80-62-32-33-63(69-49-88-75(60-31-36-70(81)68(44-60)56-15-7-2-8-16-56)46-67(69)57-29-27-55(28-30-57)54-13-5-1-6-14-54)66(45-62)61-42-52(23-21-50-25-39-73(86-47-50)64-34-37-71(82)76(78(64)84)58-17-9-3-10-18-58)41-53(43-61)24-22-51-26-40-74(87-48-51)65-35-38-72(83)77(79(65)85)59-19-11-4-12-20-59/h1-20,25-49H,21-24H2. The van der Waals surface area contributed by atoms with Crippen molar-refractivity contribution in [3.8, 4) is 112 Å². The molecule has 3 nitrogen and oxygen atoms in total. The van der Waals surface area contributed by atoms with Crippen LogP contribution in [-0.2, 0) is 25.7 Å². The largest absolute Gasteiger partial charge is 0.256 e. The van der Waals surface area contributed by atoms with Gasteiger partial charge in [-0.05, 0) is 176 Å². The maximum atomic E-state index is 16.1. The first-order chi connectivity index (χ1) is 43.1. The molecule has 0 aliphatic rings. The van der Waals surface area contributed by atoms with Crippen molar-refractivity contribution in [3.63, 3.8) is 0 Å². The molecule has 0 N–H and O–H groups in total. The van der Waals surface area contributed by atoms with E-state index in [2.05, 4.69) is 64.6 Å². The number of aromatic nitrogens is 3. The van der Waals surface area contributed by atoms with Crippen molar-refractivity contribution in [1.29, 1.82) is 0 Å². The Kier molecular flexibility index (Phi) is 16.0. The summed E-state index contributed by atoms with van der Waals surface area (Å²) in [7, 11) is 0. The highest BCUT2D eigenvalue weighted by Gasteiger charge is 2.22. The zero-order valence-corrected chi connectivity index (χ0v) is 47.4. The number of halogens is 6. The van der Waals surface area contributed by atoms with Crippen molar-refractivity contribution in [2.45, 2.75) is 25.7 Å². The molecule has 9 heteroatoms. The molecule has 0 aliphatic carbocycles. The SMILES string of the molecule is Fc1ccc(-c2cnc(-c3ccc(F)c(-c4ccccc4)c3)cc2-c2ccc(-c3ccccc3)cc2)c(-c2cc(CCc3ccc(-c4ccc(F)c(-c5ccccc5)c4F)nc3)cc(CCc3ccc(-c4ccc(F)c(-c5ccccc5)c4F)nc3)c2)c1. The molecule has 13 aromatic rings. The Morgan fingerprint density at radius 1 is 0.227 bits per heavy atom. The molecule has 13 rings (SSSR count). The van der Waals surface area contributed by atoms with Crippen molar-refractivity contribution in [2.24, 2.45) is 0 Å². The molecule has 0 spiro atoms. The van der Waals surface area contributed by atoms with E-state index >= 15 is 26.3 Å². The number of rotatable bonds is 16. The van der Waals surface area contributed by atoms with Crippen LogP contribution in [0.25, 0.3) is 112 Å². The maximum Gasteiger partial charge on any atom is 0.143 e. The highest BCUT2D eigenvalue weighted by molar-refractivity contribution is 5.93. The molecule has 0 amide bonds. The third-order valence-corrected chi connectivity index (χ3v) is 16.1. The summed E-state index contributed by atoms with van der Waals surface area (Å²) in [4.78, 5) is 14.4. The number of hydrogen-bond donors (Lipinski definition) is 0. The van der Waals surface area contributed by atoms with Gasteiger partial charge in [-0.2, -0.15) is 0 Å². The van der Waals surface area contributed by atoms with E-state index in [9.17, 15) is 0 Å². The predicted molar refractivity (Wildman–Crippen MR) is 342 cm³/mol. The second-order valence-corrected chi connectivity index (χ2v) is 21.8. The van der Waals surface area contributed by atoms with Gasteiger partial charge in [-0.25, -0.2) is 26.3 Å². The molecule has 0 aliphatic heterocycles. The van der Waals surface area contributed by atoms with Gasteiger partial charge in [-0.3, -0.25) is 15.0 Å². The van der Waals surface area contributed by atoms with Gasteiger partial charge in [-0.1, -0.05) is 182 Å². The molecule has 0 unspecified atom stereocenters. The Hall–Kier alpha value is -10.8. The van der Waals surface area contributed by atoms with Crippen LogP contribution in [0.15, 0.2) is 273 Å². The monoisotopic (exact) mass is 1160 g/mol. The van der Waals surface area contributed by atoms with Crippen LogP contribution in [-0.4, -0.2) is 15.0 Å². The van der Waals surface area contributed by atoms with E-state index in [1.54, 1.807) is 103 Å². The molecule has 3 heterocycles. The first-order valence-corrected chi connectivity index (χ1v) is 29.0. The zero-order valence-electron chi connectivity index (χ0n) is 47.4. The summed E-state index contributed by atoms with van der Waals surface area (Å²) < 4.78 is 94.1. The van der Waals surface area contributed by atoms with Crippen molar-refractivity contribution in [3.05, 3.63) is 331 Å². The molecular weight excluding hydrogens is 1100 g/mol. The number of aryl methyl sites for hydroxylation is 4. The fraction of sp³-hybridized carbons (Fsp3) is 0.0506. The van der Waals surface area contributed by atoms with Crippen LogP contribution in [0.3, 0.4) is 0 Å². The number of hydrogen-bond acceptors (Lipinski definition) is 3. The molecule has 0 atom stereocenters. The summed E-state index contributed by atoms with van der Waals surface area (Å²) >= 11 is 0. The van der Waals surface area contributed by atoms with Crippen molar-refractivity contribution < 1.29 is 26.3 Å². The van der Waals surface area contributed by atoms with Crippen LogP contribution >= 0.6 is 0 Å². The van der Waals surface area contributed by atoms with E-state index in [0.29, 0.717) is 65.0 Å². The topological polar surface area (TPSA) is 38.7 Å². The number of nitrogens with zero attached hydrogens (tertiary/aromatic N) is 3. The lowest BCUT2D eigenvalue weighted by atomic mass is 9.87. The summed E-state index contributed by atoms with van der Waals surface area (Å²) in [5, 5.41) is 0. The van der Waals surface area contributed by atoms with E-state index in [4.69, 9.17) is 4.98 Å². The molecule has 0 saturated carbocycles. The quantitative estimate of drug-likeness (QED) is 0.0905. The summed E-state index contributed by atoms with van der Waals surface area (Å²) in [6.45, 7) is 0. The molecule has 426 valence electrons. The Balaban J connectivity index is 0.868. The van der Waals surface area contributed by atoms with Crippen LogP contribution in [0.2, 0.25) is 0 Å².